The highest BCUT2D eigenvalue weighted by Gasteiger charge is 2.30. The van der Waals surface area contributed by atoms with Crippen LogP contribution in [0.2, 0.25) is 0 Å². The molecule has 0 aromatic heterocycles. The Balaban J connectivity index is 2.98. The van der Waals surface area contributed by atoms with Crippen LogP contribution in [0.15, 0.2) is 30.3 Å². The van der Waals surface area contributed by atoms with Gasteiger partial charge >= 0.3 is 5.97 Å². The summed E-state index contributed by atoms with van der Waals surface area (Å²) in [5.41, 5.74) is 11.5. The first kappa shape index (κ1) is 23.1. The molecule has 154 valence electrons. The topological polar surface area (TPSA) is 165 Å². The van der Waals surface area contributed by atoms with Crippen molar-refractivity contribution in [2.24, 2.45) is 17.4 Å². The van der Waals surface area contributed by atoms with Crippen LogP contribution in [0.3, 0.4) is 0 Å². The fourth-order valence-electron chi connectivity index (χ4n) is 2.58. The van der Waals surface area contributed by atoms with Gasteiger partial charge in [-0.1, -0.05) is 50.6 Å². The molecule has 28 heavy (non-hydrogen) atoms. The third kappa shape index (κ3) is 7.36. The van der Waals surface area contributed by atoms with Gasteiger partial charge in [0, 0.05) is 6.42 Å². The summed E-state index contributed by atoms with van der Waals surface area (Å²) in [6.07, 6.45) is 0.321. The monoisotopic (exact) mass is 392 g/mol. The molecule has 0 saturated carbocycles. The summed E-state index contributed by atoms with van der Waals surface area (Å²) < 4.78 is 0. The Morgan fingerprint density at radius 1 is 1.07 bits per heavy atom. The van der Waals surface area contributed by atoms with Gasteiger partial charge in [-0.05, 0) is 11.5 Å². The minimum absolute atomic E-state index is 0.133. The first-order chi connectivity index (χ1) is 13.1. The second kappa shape index (κ2) is 11.0. The van der Waals surface area contributed by atoms with E-state index in [1.165, 1.54) is 0 Å². The predicted molar refractivity (Wildman–Crippen MR) is 103 cm³/mol. The summed E-state index contributed by atoms with van der Waals surface area (Å²) in [4.78, 5) is 47.5. The average Bonchev–Trinajstić information content (AvgIpc) is 2.64. The standard InChI is InChI=1S/C19H28N4O5/c1-3-11(2)16(19(27)28)23-18(26)14(9-12-7-5-4-6-8-12)22-17(25)13(20)10-15(21)24/h4-8,11,13-14,16H,3,9-10,20H2,1-2H3,(H2,21,24)(H,22,25)(H,23,26)(H,27,28)/t11-,13-,14-,16-/m0/s1. The average molecular weight is 392 g/mol. The predicted octanol–water partition coefficient (Wildman–Crippen LogP) is -0.468. The van der Waals surface area contributed by atoms with Gasteiger partial charge in [0.1, 0.15) is 12.1 Å². The van der Waals surface area contributed by atoms with Crippen molar-refractivity contribution in [3.05, 3.63) is 35.9 Å². The van der Waals surface area contributed by atoms with Gasteiger partial charge in [-0.25, -0.2) is 4.79 Å². The number of carbonyl (C=O) groups excluding carboxylic acids is 3. The number of rotatable bonds is 11. The first-order valence-corrected chi connectivity index (χ1v) is 9.07. The Bertz CT molecular complexity index is 695. The Labute approximate surface area is 163 Å². The van der Waals surface area contributed by atoms with Crippen molar-refractivity contribution in [3.63, 3.8) is 0 Å². The van der Waals surface area contributed by atoms with E-state index in [9.17, 15) is 24.3 Å². The molecular formula is C19H28N4O5. The second-order valence-corrected chi connectivity index (χ2v) is 6.74. The van der Waals surface area contributed by atoms with E-state index in [1.807, 2.05) is 13.0 Å². The van der Waals surface area contributed by atoms with Gasteiger partial charge in [-0.3, -0.25) is 14.4 Å². The van der Waals surface area contributed by atoms with Crippen LogP contribution in [0.4, 0.5) is 0 Å². The number of benzene rings is 1. The lowest BCUT2D eigenvalue weighted by Crippen LogP contribution is -2.56. The SMILES string of the molecule is CC[C@H](C)[C@H](NC(=O)[C@H](Cc1ccccc1)NC(=O)[C@@H](N)CC(N)=O)C(=O)O. The number of carbonyl (C=O) groups is 4. The first-order valence-electron chi connectivity index (χ1n) is 9.07. The van der Waals surface area contributed by atoms with Crippen LogP contribution in [0, 0.1) is 5.92 Å². The van der Waals surface area contributed by atoms with Crippen molar-refractivity contribution in [1.29, 1.82) is 0 Å². The van der Waals surface area contributed by atoms with Crippen LogP contribution in [-0.4, -0.2) is 46.9 Å². The van der Waals surface area contributed by atoms with E-state index in [4.69, 9.17) is 11.5 Å². The van der Waals surface area contributed by atoms with Crippen molar-refractivity contribution < 1.29 is 24.3 Å². The quantitative estimate of drug-likeness (QED) is 0.342. The van der Waals surface area contributed by atoms with E-state index in [0.29, 0.717) is 6.42 Å². The van der Waals surface area contributed by atoms with Crippen molar-refractivity contribution in [2.45, 2.75) is 51.2 Å². The summed E-state index contributed by atoms with van der Waals surface area (Å²) in [5, 5.41) is 14.4. The largest absolute Gasteiger partial charge is 0.480 e. The molecule has 1 aromatic rings. The molecule has 0 heterocycles. The smallest absolute Gasteiger partial charge is 0.326 e. The summed E-state index contributed by atoms with van der Waals surface area (Å²) in [6.45, 7) is 3.53. The van der Waals surface area contributed by atoms with Gasteiger partial charge in [-0.15, -0.1) is 0 Å². The van der Waals surface area contributed by atoms with Gasteiger partial charge in [0.05, 0.1) is 12.5 Å². The number of carboxylic acids is 1. The van der Waals surface area contributed by atoms with E-state index < -0.39 is 41.8 Å². The van der Waals surface area contributed by atoms with Crippen LogP contribution in [0.5, 0.6) is 0 Å². The highest BCUT2D eigenvalue weighted by Crippen LogP contribution is 2.10. The number of amides is 3. The Morgan fingerprint density at radius 2 is 1.68 bits per heavy atom. The molecular weight excluding hydrogens is 364 g/mol. The zero-order chi connectivity index (χ0) is 21.3. The van der Waals surface area contributed by atoms with Crippen molar-refractivity contribution in [3.8, 4) is 0 Å². The fourth-order valence-corrected chi connectivity index (χ4v) is 2.58. The minimum Gasteiger partial charge on any atom is -0.480 e. The summed E-state index contributed by atoms with van der Waals surface area (Å²) >= 11 is 0. The maximum Gasteiger partial charge on any atom is 0.326 e. The van der Waals surface area contributed by atoms with E-state index in [1.54, 1.807) is 31.2 Å². The van der Waals surface area contributed by atoms with Crippen LogP contribution >= 0.6 is 0 Å². The van der Waals surface area contributed by atoms with E-state index in [2.05, 4.69) is 10.6 Å². The fraction of sp³-hybridized carbons (Fsp3) is 0.474. The summed E-state index contributed by atoms with van der Waals surface area (Å²) in [7, 11) is 0. The molecule has 0 spiro atoms. The number of carboxylic acid groups (broad SMARTS) is 1. The van der Waals surface area contributed by atoms with E-state index >= 15 is 0 Å². The number of nitrogens with two attached hydrogens (primary N) is 2. The van der Waals surface area contributed by atoms with Crippen LogP contribution in [0.25, 0.3) is 0 Å². The molecule has 0 aliphatic carbocycles. The third-order valence-electron chi connectivity index (χ3n) is 4.45. The van der Waals surface area contributed by atoms with Crippen molar-refractivity contribution in [2.75, 3.05) is 0 Å². The lowest BCUT2D eigenvalue weighted by molar-refractivity contribution is -0.143. The second-order valence-electron chi connectivity index (χ2n) is 6.74. The normalized spacial score (nSPS) is 15.0. The molecule has 0 unspecified atom stereocenters. The summed E-state index contributed by atoms with van der Waals surface area (Å²) in [6, 6.07) is 5.58. The van der Waals surface area contributed by atoms with Crippen molar-refractivity contribution >= 4 is 23.7 Å². The van der Waals surface area contributed by atoms with Gasteiger partial charge in [0.2, 0.25) is 17.7 Å². The van der Waals surface area contributed by atoms with E-state index in [-0.39, 0.29) is 18.8 Å². The Kier molecular flexibility index (Phi) is 9.10. The molecule has 0 radical (unpaired) electrons. The number of nitrogens with one attached hydrogen (secondary N) is 2. The molecule has 7 N–H and O–H groups in total. The number of hydrogen-bond donors (Lipinski definition) is 5. The summed E-state index contributed by atoms with van der Waals surface area (Å²) in [5.74, 6) is -3.56. The highest BCUT2D eigenvalue weighted by molar-refractivity contribution is 5.93. The Hall–Kier alpha value is -2.94. The van der Waals surface area contributed by atoms with Gasteiger partial charge < -0.3 is 27.2 Å². The Morgan fingerprint density at radius 3 is 2.18 bits per heavy atom. The molecule has 9 heteroatoms. The highest BCUT2D eigenvalue weighted by atomic mass is 16.4. The molecule has 1 aromatic carbocycles. The number of hydrogen-bond acceptors (Lipinski definition) is 5. The number of primary amides is 1. The number of aliphatic carboxylic acids is 1. The van der Waals surface area contributed by atoms with Crippen molar-refractivity contribution in [1.82, 2.24) is 10.6 Å². The van der Waals surface area contributed by atoms with Crippen LogP contribution < -0.4 is 22.1 Å². The zero-order valence-corrected chi connectivity index (χ0v) is 16.1. The molecule has 0 aliphatic heterocycles. The van der Waals surface area contributed by atoms with Crippen LogP contribution in [0.1, 0.15) is 32.3 Å². The molecule has 4 atom stereocenters. The van der Waals surface area contributed by atoms with Gasteiger partial charge in [0.25, 0.3) is 0 Å². The minimum atomic E-state index is -1.20. The molecule has 0 bridgehead atoms. The zero-order valence-electron chi connectivity index (χ0n) is 16.1. The lowest BCUT2D eigenvalue weighted by Gasteiger charge is -2.25. The third-order valence-corrected chi connectivity index (χ3v) is 4.45. The lowest BCUT2D eigenvalue weighted by atomic mass is 9.98. The van der Waals surface area contributed by atoms with Crippen LogP contribution in [-0.2, 0) is 25.6 Å². The molecule has 1 rings (SSSR count). The molecule has 0 aliphatic rings. The maximum absolute atomic E-state index is 12.7. The molecule has 3 amide bonds. The van der Waals surface area contributed by atoms with Gasteiger partial charge in [0.15, 0.2) is 0 Å². The maximum atomic E-state index is 12.7. The molecule has 0 fully saturated rings. The molecule has 9 nitrogen and oxygen atoms in total. The van der Waals surface area contributed by atoms with E-state index in [0.717, 1.165) is 5.56 Å². The van der Waals surface area contributed by atoms with Gasteiger partial charge in [-0.2, -0.15) is 0 Å². The molecule has 0 saturated heterocycles.